The predicted octanol–water partition coefficient (Wildman–Crippen LogP) is 3.49. The van der Waals surface area contributed by atoms with Gasteiger partial charge in [0.1, 0.15) is 11.9 Å². The van der Waals surface area contributed by atoms with E-state index in [9.17, 15) is 14.0 Å². The molecule has 3 aromatic rings. The molecule has 1 spiro atoms. The van der Waals surface area contributed by atoms with Crippen LogP contribution in [0.15, 0.2) is 24.5 Å². The second kappa shape index (κ2) is 9.16. The summed E-state index contributed by atoms with van der Waals surface area (Å²) in [6, 6.07) is 5.04. The molecule has 0 amide bonds. The van der Waals surface area contributed by atoms with Crippen molar-refractivity contribution in [2.24, 2.45) is 0 Å². The number of ether oxygens (including phenoxy) is 3. The molecule has 3 aliphatic rings. The number of rotatable bonds is 5. The Balaban J connectivity index is 1.34. The van der Waals surface area contributed by atoms with Crippen molar-refractivity contribution in [3.8, 4) is 0 Å². The minimum Gasteiger partial charge on any atom is -0.456 e. The molecular formula is C26H27ClFN5O5. The zero-order chi connectivity index (χ0) is 26.8. The van der Waals surface area contributed by atoms with E-state index in [0.717, 1.165) is 18.4 Å². The first kappa shape index (κ1) is 25.0. The zero-order valence-corrected chi connectivity index (χ0v) is 21.9. The molecule has 1 unspecified atom stereocenters. The van der Waals surface area contributed by atoms with Crippen molar-refractivity contribution < 1.29 is 28.2 Å². The topological polar surface area (TPSA) is 109 Å². The standard InChI is InChI=1S/C26H27ClFN5O5/c1-4-18-20(36-13(2)34)21(37-14(3)35)24(38-18)33-12-29-19-22(30-25(27)31-23(19)33)32-10-26(11-32)8-7-15-9-16(28)5-6-17(15)26/h5-6,9,12,18,20-21,24H,4,7-8,10-11H2,1-3H3/t18-,20?,21+,24-/m1/s1. The van der Waals surface area contributed by atoms with Crippen LogP contribution in [0.4, 0.5) is 10.2 Å². The quantitative estimate of drug-likeness (QED) is 0.353. The molecule has 4 atom stereocenters. The molecule has 2 saturated heterocycles. The Bertz CT molecular complexity index is 1440. The van der Waals surface area contributed by atoms with E-state index in [2.05, 4.69) is 19.9 Å². The average Bonchev–Trinajstić information content (AvgIpc) is 3.51. The number of halogens is 2. The van der Waals surface area contributed by atoms with E-state index in [1.165, 1.54) is 25.5 Å². The molecule has 6 rings (SSSR count). The lowest BCUT2D eigenvalue weighted by Crippen LogP contribution is -2.58. The highest BCUT2D eigenvalue weighted by atomic mass is 35.5. The highest BCUT2D eigenvalue weighted by Gasteiger charge is 2.51. The van der Waals surface area contributed by atoms with Gasteiger partial charge in [0, 0.05) is 32.4 Å². The number of hydrogen-bond donors (Lipinski definition) is 0. The van der Waals surface area contributed by atoms with Crippen LogP contribution in [0.1, 0.15) is 51.0 Å². The molecule has 0 radical (unpaired) electrons. The summed E-state index contributed by atoms with van der Waals surface area (Å²) in [7, 11) is 0. The maximum absolute atomic E-state index is 13.7. The number of benzene rings is 1. The van der Waals surface area contributed by atoms with Crippen LogP contribution in [0.3, 0.4) is 0 Å². The van der Waals surface area contributed by atoms with Gasteiger partial charge in [0.2, 0.25) is 5.28 Å². The van der Waals surface area contributed by atoms with E-state index in [4.69, 9.17) is 25.8 Å². The number of carbonyl (C=O) groups excluding carboxylic acids is 2. The molecule has 200 valence electrons. The van der Waals surface area contributed by atoms with Crippen molar-refractivity contribution in [3.63, 3.8) is 0 Å². The molecule has 1 aliphatic carbocycles. The fourth-order valence-electron chi connectivity index (χ4n) is 6.15. The summed E-state index contributed by atoms with van der Waals surface area (Å²) in [5.74, 6) is -0.654. The minimum atomic E-state index is -0.904. The minimum absolute atomic E-state index is 0.0368. The third kappa shape index (κ3) is 3.99. The Kier molecular flexibility index (Phi) is 6.03. The average molecular weight is 544 g/mol. The molecule has 1 aromatic carbocycles. The van der Waals surface area contributed by atoms with Crippen molar-refractivity contribution >= 4 is 40.5 Å². The normalized spacial score (nSPS) is 25.4. The fourth-order valence-corrected chi connectivity index (χ4v) is 6.31. The van der Waals surface area contributed by atoms with E-state index in [-0.39, 0.29) is 16.5 Å². The van der Waals surface area contributed by atoms with E-state index in [1.54, 1.807) is 17.0 Å². The van der Waals surface area contributed by atoms with Gasteiger partial charge in [-0.05, 0) is 54.1 Å². The molecule has 2 fully saturated rings. The lowest BCUT2D eigenvalue weighted by atomic mass is 9.75. The Hall–Kier alpha value is -3.31. The van der Waals surface area contributed by atoms with Crippen molar-refractivity contribution in [1.82, 2.24) is 19.5 Å². The molecule has 2 aliphatic heterocycles. The van der Waals surface area contributed by atoms with E-state index in [0.29, 0.717) is 36.5 Å². The fraction of sp³-hybridized carbons (Fsp3) is 0.500. The van der Waals surface area contributed by atoms with Gasteiger partial charge in [-0.15, -0.1) is 0 Å². The predicted molar refractivity (Wildman–Crippen MR) is 134 cm³/mol. The van der Waals surface area contributed by atoms with Gasteiger partial charge in [-0.1, -0.05) is 13.0 Å². The van der Waals surface area contributed by atoms with Crippen LogP contribution >= 0.6 is 11.6 Å². The van der Waals surface area contributed by atoms with Crippen molar-refractivity contribution in [1.29, 1.82) is 0 Å². The number of aryl methyl sites for hydroxylation is 1. The van der Waals surface area contributed by atoms with Crippen LogP contribution in [0.25, 0.3) is 11.2 Å². The van der Waals surface area contributed by atoms with Crippen molar-refractivity contribution in [3.05, 3.63) is 46.8 Å². The van der Waals surface area contributed by atoms with Gasteiger partial charge in [-0.2, -0.15) is 9.97 Å². The van der Waals surface area contributed by atoms with E-state index >= 15 is 0 Å². The molecule has 0 bridgehead atoms. The number of aromatic nitrogens is 4. The van der Waals surface area contributed by atoms with Gasteiger partial charge in [-0.25, -0.2) is 9.37 Å². The monoisotopic (exact) mass is 543 g/mol. The van der Waals surface area contributed by atoms with Crippen LogP contribution in [0, 0.1) is 5.82 Å². The Morgan fingerprint density at radius 1 is 1.18 bits per heavy atom. The summed E-state index contributed by atoms with van der Waals surface area (Å²) in [6.07, 6.45) is 0.832. The van der Waals surface area contributed by atoms with Gasteiger partial charge in [0.25, 0.3) is 0 Å². The van der Waals surface area contributed by atoms with E-state index in [1.807, 2.05) is 13.0 Å². The molecule has 0 saturated carbocycles. The van der Waals surface area contributed by atoms with Gasteiger partial charge in [0.05, 0.1) is 6.33 Å². The van der Waals surface area contributed by atoms with Crippen LogP contribution in [0.5, 0.6) is 0 Å². The maximum Gasteiger partial charge on any atom is 0.303 e. The van der Waals surface area contributed by atoms with Gasteiger partial charge in [-0.3, -0.25) is 14.2 Å². The third-order valence-electron chi connectivity index (χ3n) is 7.74. The third-order valence-corrected chi connectivity index (χ3v) is 7.91. The number of nitrogens with zero attached hydrogens (tertiary/aromatic N) is 5. The zero-order valence-electron chi connectivity index (χ0n) is 21.2. The number of anilines is 1. The molecule has 10 nitrogen and oxygen atoms in total. The summed E-state index contributed by atoms with van der Waals surface area (Å²) < 4.78 is 32.7. The van der Waals surface area contributed by atoms with Crippen LogP contribution in [0.2, 0.25) is 5.28 Å². The summed E-state index contributed by atoms with van der Waals surface area (Å²) in [5.41, 5.74) is 3.12. The summed E-state index contributed by atoms with van der Waals surface area (Å²) >= 11 is 6.38. The molecule has 38 heavy (non-hydrogen) atoms. The summed E-state index contributed by atoms with van der Waals surface area (Å²) in [6.45, 7) is 5.88. The first-order chi connectivity index (χ1) is 18.2. The van der Waals surface area contributed by atoms with Crippen LogP contribution in [-0.4, -0.2) is 62.9 Å². The lowest BCUT2D eigenvalue weighted by Gasteiger charge is -2.49. The highest BCUT2D eigenvalue weighted by molar-refractivity contribution is 6.28. The molecule has 0 N–H and O–H groups in total. The van der Waals surface area contributed by atoms with Crippen LogP contribution < -0.4 is 4.90 Å². The van der Waals surface area contributed by atoms with Crippen LogP contribution in [-0.2, 0) is 35.6 Å². The van der Waals surface area contributed by atoms with Crippen molar-refractivity contribution in [2.75, 3.05) is 18.0 Å². The lowest BCUT2D eigenvalue weighted by molar-refractivity contribution is -0.165. The Morgan fingerprint density at radius 3 is 2.63 bits per heavy atom. The van der Waals surface area contributed by atoms with Gasteiger partial charge < -0.3 is 19.1 Å². The second-order valence-electron chi connectivity index (χ2n) is 10.2. The maximum atomic E-state index is 13.7. The molecular weight excluding hydrogens is 517 g/mol. The largest absolute Gasteiger partial charge is 0.456 e. The molecule has 12 heteroatoms. The van der Waals surface area contributed by atoms with E-state index < -0.39 is 36.5 Å². The molecule has 2 aromatic heterocycles. The molecule has 4 heterocycles. The van der Waals surface area contributed by atoms with Gasteiger partial charge in [0.15, 0.2) is 35.4 Å². The summed E-state index contributed by atoms with van der Waals surface area (Å²) in [4.78, 5) is 39.4. The van der Waals surface area contributed by atoms with Crippen molar-refractivity contribution in [2.45, 2.75) is 70.0 Å². The smallest absolute Gasteiger partial charge is 0.303 e. The number of esters is 2. The number of hydrogen-bond acceptors (Lipinski definition) is 9. The summed E-state index contributed by atoms with van der Waals surface area (Å²) in [5, 5.41) is 0.0368. The Morgan fingerprint density at radius 2 is 1.92 bits per heavy atom. The Labute approximate surface area is 223 Å². The number of imidazole rings is 1. The van der Waals surface area contributed by atoms with Gasteiger partial charge >= 0.3 is 11.9 Å². The second-order valence-corrected chi connectivity index (χ2v) is 10.5. The number of fused-ring (bicyclic) bond motifs is 3. The highest BCUT2D eigenvalue weighted by Crippen LogP contribution is 2.48. The SMILES string of the molecule is CC[C@H]1O[C@@H](n2cnc3c(N4CC5(CCc6cc(F)ccc65)C4)nc(Cl)nc32)[C@@H](OC(C)=O)C1OC(C)=O. The first-order valence-corrected chi connectivity index (χ1v) is 13.0. The number of carbonyl (C=O) groups is 2. The first-order valence-electron chi connectivity index (χ1n) is 12.6.